The Morgan fingerprint density at radius 1 is 1.00 bits per heavy atom. The lowest BCUT2D eigenvalue weighted by atomic mass is 9.89. The Balaban J connectivity index is 1.43. The van der Waals surface area contributed by atoms with Crippen LogP contribution in [0.1, 0.15) is 29.6 Å². The van der Waals surface area contributed by atoms with Crippen LogP contribution >= 0.6 is 11.8 Å². The standard InChI is InChI=1S/C21H23NO3S/c23-18-8-6-16(7-9-18)21(25)17-10-13-22(14-11-17)20(24)12-15-26-19-4-2-1-3-5-19/h1-9,17,23H,10-15H2. The van der Waals surface area contributed by atoms with Gasteiger partial charge in [0.05, 0.1) is 0 Å². The van der Waals surface area contributed by atoms with Crippen LogP contribution in [0, 0.1) is 5.92 Å². The van der Waals surface area contributed by atoms with Crippen molar-refractivity contribution in [3.05, 3.63) is 60.2 Å². The van der Waals surface area contributed by atoms with Gasteiger partial charge in [0.1, 0.15) is 5.75 Å². The van der Waals surface area contributed by atoms with E-state index in [1.165, 1.54) is 17.0 Å². The third kappa shape index (κ3) is 4.88. The molecule has 0 aromatic heterocycles. The smallest absolute Gasteiger partial charge is 0.223 e. The van der Waals surface area contributed by atoms with Gasteiger partial charge in [-0.2, -0.15) is 0 Å². The van der Waals surface area contributed by atoms with Crippen molar-refractivity contribution in [1.29, 1.82) is 0 Å². The number of Topliss-reactive ketones (excluding diaryl/α,β-unsaturated/α-hetero) is 1. The number of nitrogens with zero attached hydrogens (tertiary/aromatic N) is 1. The largest absolute Gasteiger partial charge is 0.508 e. The number of carbonyl (C=O) groups is 2. The summed E-state index contributed by atoms with van der Waals surface area (Å²) in [4.78, 5) is 28.0. The Morgan fingerprint density at radius 2 is 1.65 bits per heavy atom. The fourth-order valence-electron chi connectivity index (χ4n) is 3.18. The highest BCUT2D eigenvalue weighted by atomic mass is 32.2. The molecule has 0 saturated carbocycles. The Labute approximate surface area is 158 Å². The second kappa shape index (κ2) is 8.90. The molecule has 0 unspecified atom stereocenters. The van der Waals surface area contributed by atoms with Gasteiger partial charge in [-0.3, -0.25) is 9.59 Å². The fourth-order valence-corrected chi connectivity index (χ4v) is 4.05. The molecule has 1 aliphatic heterocycles. The summed E-state index contributed by atoms with van der Waals surface area (Å²) in [7, 11) is 0. The number of phenols is 1. The van der Waals surface area contributed by atoms with E-state index in [0.29, 0.717) is 37.9 Å². The van der Waals surface area contributed by atoms with Crippen LogP contribution in [-0.4, -0.2) is 40.5 Å². The summed E-state index contributed by atoms with van der Waals surface area (Å²) < 4.78 is 0. The molecule has 136 valence electrons. The van der Waals surface area contributed by atoms with E-state index >= 15 is 0 Å². The molecule has 1 aliphatic rings. The Hall–Kier alpha value is -2.27. The van der Waals surface area contributed by atoms with Gasteiger partial charge in [-0.15, -0.1) is 11.8 Å². The monoisotopic (exact) mass is 369 g/mol. The minimum absolute atomic E-state index is 0.0395. The van der Waals surface area contributed by atoms with Gasteiger partial charge in [0.2, 0.25) is 5.91 Å². The van der Waals surface area contributed by atoms with Crippen molar-refractivity contribution in [2.24, 2.45) is 5.92 Å². The van der Waals surface area contributed by atoms with E-state index in [2.05, 4.69) is 12.1 Å². The molecule has 0 aliphatic carbocycles. The number of ketones is 1. The Bertz CT molecular complexity index is 738. The van der Waals surface area contributed by atoms with Crippen molar-refractivity contribution < 1.29 is 14.7 Å². The van der Waals surface area contributed by atoms with E-state index in [1.807, 2.05) is 23.1 Å². The van der Waals surface area contributed by atoms with Crippen molar-refractivity contribution in [3.63, 3.8) is 0 Å². The van der Waals surface area contributed by atoms with Crippen molar-refractivity contribution >= 4 is 23.5 Å². The summed E-state index contributed by atoms with van der Waals surface area (Å²) in [6.07, 6.45) is 1.94. The first-order valence-electron chi connectivity index (χ1n) is 8.92. The van der Waals surface area contributed by atoms with E-state index in [0.717, 1.165) is 5.75 Å². The maximum absolute atomic E-state index is 12.5. The lowest BCUT2D eigenvalue weighted by molar-refractivity contribution is -0.131. The average Bonchev–Trinajstić information content (AvgIpc) is 2.69. The molecule has 1 N–H and O–H groups in total. The topological polar surface area (TPSA) is 57.6 Å². The molecule has 2 aromatic carbocycles. The number of likely N-dealkylation sites (tertiary alicyclic amines) is 1. The van der Waals surface area contributed by atoms with Gasteiger partial charge in [-0.25, -0.2) is 0 Å². The Morgan fingerprint density at radius 3 is 2.31 bits per heavy atom. The van der Waals surface area contributed by atoms with E-state index in [4.69, 9.17) is 0 Å². The van der Waals surface area contributed by atoms with Gasteiger partial charge in [0, 0.05) is 41.6 Å². The molecule has 1 heterocycles. The van der Waals surface area contributed by atoms with Crippen LogP contribution in [0.5, 0.6) is 5.75 Å². The Kier molecular flexibility index (Phi) is 6.34. The molecule has 4 nitrogen and oxygen atoms in total. The number of amides is 1. The van der Waals surface area contributed by atoms with E-state index in [9.17, 15) is 14.7 Å². The summed E-state index contributed by atoms with van der Waals surface area (Å²) in [5.74, 6) is 1.17. The maximum Gasteiger partial charge on any atom is 0.223 e. The lowest BCUT2D eigenvalue weighted by Crippen LogP contribution is -2.40. The van der Waals surface area contributed by atoms with Crippen LogP contribution in [0.2, 0.25) is 0 Å². The quantitative estimate of drug-likeness (QED) is 0.618. The molecular weight excluding hydrogens is 346 g/mol. The number of rotatable bonds is 6. The fraction of sp³-hybridized carbons (Fsp3) is 0.333. The molecule has 0 spiro atoms. The second-order valence-electron chi connectivity index (χ2n) is 6.48. The number of aromatic hydroxyl groups is 1. The molecule has 1 fully saturated rings. The van der Waals surface area contributed by atoms with Gasteiger partial charge in [0.15, 0.2) is 5.78 Å². The van der Waals surface area contributed by atoms with E-state index in [-0.39, 0.29) is 23.4 Å². The second-order valence-corrected chi connectivity index (χ2v) is 7.65. The zero-order chi connectivity index (χ0) is 18.4. The molecule has 5 heteroatoms. The minimum Gasteiger partial charge on any atom is -0.508 e. The normalized spacial score (nSPS) is 15.0. The highest BCUT2D eigenvalue weighted by Gasteiger charge is 2.27. The first-order valence-corrected chi connectivity index (χ1v) is 9.91. The average molecular weight is 369 g/mol. The minimum atomic E-state index is -0.0395. The number of thioether (sulfide) groups is 1. The third-order valence-corrected chi connectivity index (χ3v) is 5.71. The first kappa shape index (κ1) is 18.5. The highest BCUT2D eigenvalue weighted by molar-refractivity contribution is 7.99. The molecule has 1 saturated heterocycles. The predicted octanol–water partition coefficient (Wildman–Crippen LogP) is 4.00. The van der Waals surface area contributed by atoms with Gasteiger partial charge < -0.3 is 10.0 Å². The van der Waals surface area contributed by atoms with Crippen molar-refractivity contribution in [3.8, 4) is 5.75 Å². The van der Waals surface area contributed by atoms with Gasteiger partial charge in [-0.1, -0.05) is 18.2 Å². The van der Waals surface area contributed by atoms with Crippen LogP contribution < -0.4 is 0 Å². The van der Waals surface area contributed by atoms with Gasteiger partial charge >= 0.3 is 0 Å². The highest BCUT2D eigenvalue weighted by Crippen LogP contribution is 2.24. The summed E-state index contributed by atoms with van der Waals surface area (Å²) in [6, 6.07) is 16.5. The number of benzene rings is 2. The van der Waals surface area contributed by atoms with Crippen LogP contribution in [0.25, 0.3) is 0 Å². The molecule has 1 amide bonds. The number of carbonyl (C=O) groups excluding carboxylic acids is 2. The molecule has 0 atom stereocenters. The lowest BCUT2D eigenvalue weighted by Gasteiger charge is -2.31. The SMILES string of the molecule is O=C(c1ccc(O)cc1)C1CCN(C(=O)CCSc2ccccc2)CC1. The maximum atomic E-state index is 12.5. The van der Waals surface area contributed by atoms with Crippen LogP contribution in [0.4, 0.5) is 0 Å². The molecule has 3 rings (SSSR count). The summed E-state index contributed by atoms with van der Waals surface area (Å²) >= 11 is 1.69. The third-order valence-electron chi connectivity index (χ3n) is 4.70. The molecule has 26 heavy (non-hydrogen) atoms. The first-order chi connectivity index (χ1) is 12.6. The molecule has 0 radical (unpaired) electrons. The molecular formula is C21H23NO3S. The van der Waals surface area contributed by atoms with Crippen LogP contribution in [0.3, 0.4) is 0 Å². The van der Waals surface area contributed by atoms with Crippen molar-refractivity contribution in [2.75, 3.05) is 18.8 Å². The summed E-state index contributed by atoms with van der Waals surface area (Å²) in [6.45, 7) is 1.28. The predicted molar refractivity (Wildman–Crippen MR) is 104 cm³/mol. The van der Waals surface area contributed by atoms with Crippen molar-refractivity contribution in [1.82, 2.24) is 4.90 Å². The zero-order valence-electron chi connectivity index (χ0n) is 14.6. The summed E-state index contributed by atoms with van der Waals surface area (Å²) in [5.41, 5.74) is 0.631. The van der Waals surface area contributed by atoms with E-state index in [1.54, 1.807) is 23.9 Å². The number of hydrogen-bond acceptors (Lipinski definition) is 4. The zero-order valence-corrected chi connectivity index (χ0v) is 15.5. The molecule has 2 aromatic rings. The van der Waals surface area contributed by atoms with Gasteiger partial charge in [0.25, 0.3) is 0 Å². The summed E-state index contributed by atoms with van der Waals surface area (Å²) in [5, 5.41) is 9.33. The number of phenolic OH excluding ortho intramolecular Hbond substituents is 1. The van der Waals surface area contributed by atoms with Gasteiger partial charge in [-0.05, 0) is 49.2 Å². The number of piperidine rings is 1. The van der Waals surface area contributed by atoms with Crippen molar-refractivity contribution in [2.45, 2.75) is 24.2 Å². The number of hydrogen-bond donors (Lipinski definition) is 1. The van der Waals surface area contributed by atoms with Crippen LogP contribution in [0.15, 0.2) is 59.5 Å². The van der Waals surface area contributed by atoms with Crippen LogP contribution in [-0.2, 0) is 4.79 Å². The van der Waals surface area contributed by atoms with E-state index < -0.39 is 0 Å². The molecule has 0 bridgehead atoms.